The number of nitrogens with two attached hydrogens (primary N) is 1. The van der Waals surface area contributed by atoms with Crippen molar-refractivity contribution < 1.29 is 19.1 Å². The molecule has 0 bridgehead atoms. The van der Waals surface area contributed by atoms with Crippen LogP contribution in [0.3, 0.4) is 0 Å². The van der Waals surface area contributed by atoms with Gasteiger partial charge in [0.15, 0.2) is 0 Å². The van der Waals surface area contributed by atoms with E-state index in [0.717, 1.165) is 12.0 Å². The highest BCUT2D eigenvalue weighted by Crippen LogP contribution is 2.27. The van der Waals surface area contributed by atoms with Gasteiger partial charge in [0, 0.05) is 12.1 Å². The van der Waals surface area contributed by atoms with Gasteiger partial charge in [-0.05, 0) is 51.8 Å². The van der Waals surface area contributed by atoms with Gasteiger partial charge in [-0.25, -0.2) is 4.79 Å². The zero-order chi connectivity index (χ0) is 18.0. The molecular weight excluding hydrogens is 308 g/mol. The highest BCUT2D eigenvalue weighted by Gasteiger charge is 2.38. The van der Waals surface area contributed by atoms with Crippen LogP contribution >= 0.6 is 0 Å². The van der Waals surface area contributed by atoms with Crippen LogP contribution < -0.4 is 5.73 Å². The average molecular weight is 334 g/mol. The first-order valence-corrected chi connectivity index (χ1v) is 8.09. The first-order valence-electron chi connectivity index (χ1n) is 8.09. The normalized spacial score (nSPS) is 20.9. The third-order valence-electron chi connectivity index (χ3n) is 3.91. The number of carbonyl (C=O) groups excluding carboxylic acids is 2. The van der Waals surface area contributed by atoms with E-state index in [0.29, 0.717) is 25.3 Å². The van der Waals surface area contributed by atoms with Crippen molar-refractivity contribution in [1.29, 1.82) is 0 Å². The van der Waals surface area contributed by atoms with Crippen LogP contribution in [0.5, 0.6) is 0 Å². The number of primary amides is 1. The summed E-state index contributed by atoms with van der Waals surface area (Å²) in [4.78, 5) is 24.9. The molecule has 1 fully saturated rings. The minimum atomic E-state index is -0.501. The maximum atomic E-state index is 12.1. The number of hydrogen-bond donors (Lipinski definition) is 1. The van der Waals surface area contributed by atoms with Crippen molar-refractivity contribution in [2.24, 2.45) is 5.73 Å². The van der Waals surface area contributed by atoms with Crippen LogP contribution in [0.1, 0.15) is 50.0 Å². The molecule has 1 heterocycles. The van der Waals surface area contributed by atoms with Gasteiger partial charge in [-0.1, -0.05) is 12.1 Å². The number of benzene rings is 1. The van der Waals surface area contributed by atoms with Crippen LogP contribution in [0.4, 0.5) is 4.79 Å². The van der Waals surface area contributed by atoms with Gasteiger partial charge in [0.1, 0.15) is 5.60 Å². The molecule has 1 aromatic rings. The van der Waals surface area contributed by atoms with Crippen LogP contribution in [0.15, 0.2) is 24.3 Å². The zero-order valence-corrected chi connectivity index (χ0v) is 14.8. The second kappa shape index (κ2) is 6.81. The van der Waals surface area contributed by atoms with Gasteiger partial charge in [0.25, 0.3) is 0 Å². The number of ether oxygens (including phenoxy) is 2. The van der Waals surface area contributed by atoms with Crippen molar-refractivity contribution in [1.82, 2.24) is 4.90 Å². The molecule has 132 valence electrons. The van der Waals surface area contributed by atoms with Crippen LogP contribution in [0, 0.1) is 0 Å². The Hall–Kier alpha value is -2.08. The van der Waals surface area contributed by atoms with Crippen LogP contribution in [-0.2, 0) is 16.1 Å². The molecule has 24 heavy (non-hydrogen) atoms. The molecule has 1 unspecified atom stereocenters. The van der Waals surface area contributed by atoms with E-state index in [4.69, 9.17) is 15.2 Å². The van der Waals surface area contributed by atoms with E-state index in [1.54, 1.807) is 17.0 Å². The van der Waals surface area contributed by atoms with Gasteiger partial charge >= 0.3 is 6.09 Å². The van der Waals surface area contributed by atoms with E-state index in [9.17, 15) is 9.59 Å². The number of carbonyl (C=O) groups is 2. The number of nitrogens with zero attached hydrogens (tertiary/aromatic N) is 1. The van der Waals surface area contributed by atoms with E-state index in [2.05, 4.69) is 0 Å². The average Bonchev–Trinajstić information content (AvgIpc) is 2.87. The highest BCUT2D eigenvalue weighted by molar-refractivity contribution is 5.92. The summed E-state index contributed by atoms with van der Waals surface area (Å²) < 4.78 is 11.4. The number of rotatable bonds is 4. The fraction of sp³-hybridized carbons (Fsp3) is 0.556. The molecule has 0 aliphatic carbocycles. The van der Waals surface area contributed by atoms with E-state index >= 15 is 0 Å². The van der Waals surface area contributed by atoms with Crippen molar-refractivity contribution in [2.75, 3.05) is 13.1 Å². The summed E-state index contributed by atoms with van der Waals surface area (Å²) in [7, 11) is 0. The summed E-state index contributed by atoms with van der Waals surface area (Å²) in [6, 6.07) is 7.02. The van der Waals surface area contributed by atoms with Crippen LogP contribution in [0.2, 0.25) is 0 Å². The lowest BCUT2D eigenvalue weighted by molar-refractivity contribution is -0.0374. The third kappa shape index (κ3) is 4.96. The molecule has 2 N–H and O–H groups in total. The molecule has 2 rings (SSSR count). The predicted molar refractivity (Wildman–Crippen MR) is 90.6 cm³/mol. The Morgan fingerprint density at radius 3 is 2.42 bits per heavy atom. The summed E-state index contributed by atoms with van der Waals surface area (Å²) in [5.74, 6) is -0.446. The summed E-state index contributed by atoms with van der Waals surface area (Å²) in [6.45, 7) is 9.09. The quantitative estimate of drug-likeness (QED) is 0.918. The molecule has 1 aromatic carbocycles. The fourth-order valence-corrected chi connectivity index (χ4v) is 2.56. The lowest BCUT2D eigenvalue weighted by Crippen LogP contribution is -2.39. The SMILES string of the molecule is CC(C)(C)OC(=O)N1CCC(C)(OCc2ccc(C(N)=O)cc2)C1. The smallest absolute Gasteiger partial charge is 0.410 e. The van der Waals surface area contributed by atoms with Crippen LogP contribution in [0.25, 0.3) is 0 Å². The van der Waals surface area contributed by atoms with Gasteiger partial charge in [-0.3, -0.25) is 4.79 Å². The van der Waals surface area contributed by atoms with Crippen molar-refractivity contribution in [3.8, 4) is 0 Å². The molecule has 6 nitrogen and oxygen atoms in total. The molecule has 1 atom stereocenters. The largest absolute Gasteiger partial charge is 0.444 e. The van der Waals surface area contributed by atoms with Gasteiger partial charge in [-0.2, -0.15) is 0 Å². The van der Waals surface area contributed by atoms with E-state index < -0.39 is 17.1 Å². The molecule has 1 aliphatic heterocycles. The van der Waals surface area contributed by atoms with Crippen molar-refractivity contribution in [3.05, 3.63) is 35.4 Å². The first kappa shape index (κ1) is 18.3. The Labute approximate surface area is 142 Å². The maximum absolute atomic E-state index is 12.1. The van der Waals surface area contributed by atoms with Crippen LogP contribution in [-0.4, -0.2) is 41.2 Å². The molecular formula is C18H26N2O4. The van der Waals surface area contributed by atoms with Gasteiger partial charge in [0.05, 0.1) is 18.8 Å². The van der Waals surface area contributed by atoms with Gasteiger partial charge < -0.3 is 20.1 Å². The first-order chi connectivity index (χ1) is 11.1. The molecule has 6 heteroatoms. The Morgan fingerprint density at radius 1 is 1.25 bits per heavy atom. The monoisotopic (exact) mass is 334 g/mol. The number of likely N-dealkylation sites (tertiary alicyclic amines) is 1. The minimum absolute atomic E-state index is 0.305. The van der Waals surface area contributed by atoms with E-state index in [1.165, 1.54) is 0 Å². The predicted octanol–water partition coefficient (Wildman–Crippen LogP) is 2.70. The Balaban J connectivity index is 1.89. The Bertz CT molecular complexity index is 606. The Kier molecular flexibility index (Phi) is 5.18. The molecule has 0 radical (unpaired) electrons. The lowest BCUT2D eigenvalue weighted by atomic mass is 10.1. The summed E-state index contributed by atoms with van der Waals surface area (Å²) in [5, 5.41) is 0. The Morgan fingerprint density at radius 2 is 1.88 bits per heavy atom. The van der Waals surface area contributed by atoms with Crippen molar-refractivity contribution in [3.63, 3.8) is 0 Å². The van der Waals surface area contributed by atoms with Crippen molar-refractivity contribution >= 4 is 12.0 Å². The molecule has 2 amide bonds. The minimum Gasteiger partial charge on any atom is -0.444 e. The maximum Gasteiger partial charge on any atom is 0.410 e. The van der Waals surface area contributed by atoms with E-state index in [1.807, 2.05) is 39.8 Å². The third-order valence-corrected chi connectivity index (χ3v) is 3.91. The second-order valence-corrected chi connectivity index (χ2v) is 7.45. The molecule has 0 spiro atoms. The molecule has 1 saturated heterocycles. The number of amides is 2. The highest BCUT2D eigenvalue weighted by atomic mass is 16.6. The van der Waals surface area contributed by atoms with Gasteiger partial charge in [-0.15, -0.1) is 0 Å². The molecule has 0 aromatic heterocycles. The summed E-state index contributed by atoms with van der Waals surface area (Å²) >= 11 is 0. The second-order valence-electron chi connectivity index (χ2n) is 7.45. The van der Waals surface area contributed by atoms with Crippen molar-refractivity contribution in [2.45, 2.75) is 51.9 Å². The summed E-state index contributed by atoms with van der Waals surface area (Å²) in [6.07, 6.45) is 0.451. The standard InChI is InChI=1S/C18H26N2O4/c1-17(2,3)24-16(22)20-10-9-18(4,12-20)23-11-13-5-7-14(8-6-13)15(19)21/h5-8H,9-12H2,1-4H3,(H2,19,21). The zero-order valence-electron chi connectivity index (χ0n) is 14.8. The molecule has 1 aliphatic rings. The molecule has 0 saturated carbocycles. The number of hydrogen-bond acceptors (Lipinski definition) is 4. The topological polar surface area (TPSA) is 81.9 Å². The van der Waals surface area contributed by atoms with Gasteiger partial charge in [0.2, 0.25) is 5.91 Å². The lowest BCUT2D eigenvalue weighted by Gasteiger charge is -2.27. The summed E-state index contributed by atoms with van der Waals surface area (Å²) in [5.41, 5.74) is 5.75. The fourth-order valence-electron chi connectivity index (χ4n) is 2.56. The van der Waals surface area contributed by atoms with E-state index in [-0.39, 0.29) is 6.09 Å².